The van der Waals surface area contributed by atoms with Crippen LogP contribution in [-0.4, -0.2) is 9.97 Å². The van der Waals surface area contributed by atoms with Gasteiger partial charge in [0.25, 0.3) is 0 Å². The Morgan fingerprint density at radius 3 is 2.86 bits per heavy atom. The van der Waals surface area contributed by atoms with Gasteiger partial charge < -0.3 is 4.98 Å². The first-order valence-corrected chi connectivity index (χ1v) is 5.31. The van der Waals surface area contributed by atoms with Gasteiger partial charge in [-0.15, -0.1) is 0 Å². The molecule has 1 aromatic carbocycles. The number of aryl methyl sites for hydroxylation is 1. The van der Waals surface area contributed by atoms with Gasteiger partial charge in [0.05, 0.1) is 5.02 Å². The van der Waals surface area contributed by atoms with Crippen molar-refractivity contribution in [3.63, 3.8) is 0 Å². The fourth-order valence-corrected chi connectivity index (χ4v) is 1.86. The van der Waals surface area contributed by atoms with Crippen molar-refractivity contribution >= 4 is 27.5 Å². The second-order valence-corrected chi connectivity index (χ2v) is 4.22. The molecule has 0 amide bonds. The molecule has 0 saturated heterocycles. The van der Waals surface area contributed by atoms with Gasteiger partial charge in [0.1, 0.15) is 5.82 Å². The minimum Gasteiger partial charge on any atom is -0.342 e. The summed E-state index contributed by atoms with van der Waals surface area (Å²) in [6.45, 7) is 1.97. The molecule has 0 aliphatic carbocycles. The van der Waals surface area contributed by atoms with Crippen molar-refractivity contribution in [2.75, 3.05) is 0 Å². The molecule has 0 aliphatic heterocycles. The highest BCUT2D eigenvalue weighted by Crippen LogP contribution is 2.31. The standard InChI is InChI=1S/C10H8BrClN2/c1-6-5-13-10(14-6)7-3-2-4-8(12)9(7)11/h2-5H,1H3,(H,13,14). The molecule has 72 valence electrons. The normalized spacial score (nSPS) is 10.5. The molecule has 1 N–H and O–H groups in total. The van der Waals surface area contributed by atoms with Crippen molar-refractivity contribution in [2.45, 2.75) is 6.92 Å². The number of hydrogen-bond acceptors (Lipinski definition) is 1. The van der Waals surface area contributed by atoms with E-state index in [1.165, 1.54) is 0 Å². The third kappa shape index (κ3) is 1.70. The molecule has 0 saturated carbocycles. The van der Waals surface area contributed by atoms with Crippen LogP contribution >= 0.6 is 27.5 Å². The number of imidazole rings is 1. The molecule has 0 radical (unpaired) electrons. The third-order valence-electron chi connectivity index (χ3n) is 1.91. The van der Waals surface area contributed by atoms with Crippen molar-refractivity contribution < 1.29 is 0 Å². The number of rotatable bonds is 1. The molecule has 2 nitrogen and oxygen atoms in total. The predicted octanol–water partition coefficient (Wildman–Crippen LogP) is 3.80. The molecule has 0 unspecified atom stereocenters. The van der Waals surface area contributed by atoms with E-state index in [2.05, 4.69) is 25.9 Å². The van der Waals surface area contributed by atoms with Gasteiger partial charge in [-0.2, -0.15) is 0 Å². The minimum atomic E-state index is 0.691. The first-order chi connectivity index (χ1) is 6.68. The van der Waals surface area contributed by atoms with E-state index in [1.54, 1.807) is 6.20 Å². The Morgan fingerprint density at radius 2 is 2.21 bits per heavy atom. The van der Waals surface area contributed by atoms with Crippen LogP contribution in [0.2, 0.25) is 5.02 Å². The maximum absolute atomic E-state index is 5.98. The summed E-state index contributed by atoms with van der Waals surface area (Å²) in [6, 6.07) is 5.71. The van der Waals surface area contributed by atoms with Crippen LogP contribution in [0.15, 0.2) is 28.9 Å². The molecule has 1 aromatic heterocycles. The van der Waals surface area contributed by atoms with E-state index in [0.717, 1.165) is 21.6 Å². The predicted molar refractivity (Wildman–Crippen MR) is 61.5 cm³/mol. The fraction of sp³-hybridized carbons (Fsp3) is 0.100. The lowest BCUT2D eigenvalue weighted by Gasteiger charge is -2.02. The Hall–Kier alpha value is -0.800. The number of aromatic nitrogens is 2. The van der Waals surface area contributed by atoms with Gasteiger partial charge in [-0.3, -0.25) is 0 Å². The minimum absolute atomic E-state index is 0.691. The Balaban J connectivity index is 2.57. The zero-order valence-electron chi connectivity index (χ0n) is 7.51. The van der Waals surface area contributed by atoms with Gasteiger partial charge in [0, 0.05) is 21.9 Å². The topological polar surface area (TPSA) is 28.7 Å². The summed E-state index contributed by atoms with van der Waals surface area (Å²) in [4.78, 5) is 7.40. The molecule has 4 heteroatoms. The summed E-state index contributed by atoms with van der Waals surface area (Å²) in [7, 11) is 0. The van der Waals surface area contributed by atoms with E-state index in [0.29, 0.717) is 5.02 Å². The second-order valence-electron chi connectivity index (χ2n) is 3.02. The van der Waals surface area contributed by atoms with E-state index >= 15 is 0 Å². The Bertz CT molecular complexity index is 465. The van der Waals surface area contributed by atoms with Gasteiger partial charge in [-0.05, 0) is 28.9 Å². The van der Waals surface area contributed by atoms with Crippen LogP contribution in [0, 0.1) is 6.92 Å². The summed E-state index contributed by atoms with van der Waals surface area (Å²) >= 11 is 9.42. The SMILES string of the molecule is Cc1cnc(-c2cccc(Cl)c2Br)[nH]1. The van der Waals surface area contributed by atoms with Crippen LogP contribution in [0.25, 0.3) is 11.4 Å². The summed E-state index contributed by atoms with van der Waals surface area (Å²) in [5.74, 6) is 0.830. The van der Waals surface area contributed by atoms with E-state index < -0.39 is 0 Å². The zero-order valence-corrected chi connectivity index (χ0v) is 9.85. The molecule has 0 atom stereocenters. The largest absolute Gasteiger partial charge is 0.342 e. The van der Waals surface area contributed by atoms with Crippen LogP contribution in [-0.2, 0) is 0 Å². The van der Waals surface area contributed by atoms with Crippen LogP contribution in [0.4, 0.5) is 0 Å². The average Bonchev–Trinajstić information content (AvgIpc) is 2.57. The van der Waals surface area contributed by atoms with Crippen molar-refractivity contribution in [2.24, 2.45) is 0 Å². The smallest absolute Gasteiger partial charge is 0.138 e. The number of nitrogens with one attached hydrogen (secondary N) is 1. The van der Waals surface area contributed by atoms with Crippen LogP contribution < -0.4 is 0 Å². The lowest BCUT2D eigenvalue weighted by molar-refractivity contribution is 1.25. The highest BCUT2D eigenvalue weighted by Gasteiger charge is 2.08. The van der Waals surface area contributed by atoms with E-state index in [4.69, 9.17) is 11.6 Å². The molecule has 1 heterocycles. The number of aromatic amines is 1. The number of halogens is 2. The van der Waals surface area contributed by atoms with Crippen LogP contribution in [0.1, 0.15) is 5.69 Å². The molecule has 0 fully saturated rings. The Kier molecular flexibility index (Phi) is 2.61. The summed E-state index contributed by atoms with van der Waals surface area (Å²) in [6.07, 6.45) is 1.79. The first kappa shape index (κ1) is 9.74. The number of H-pyrrole nitrogens is 1. The highest BCUT2D eigenvalue weighted by atomic mass is 79.9. The average molecular weight is 272 g/mol. The maximum atomic E-state index is 5.98. The van der Waals surface area contributed by atoms with Crippen molar-refractivity contribution in [3.05, 3.63) is 39.6 Å². The van der Waals surface area contributed by atoms with Gasteiger partial charge in [-0.25, -0.2) is 4.98 Å². The van der Waals surface area contributed by atoms with Crippen molar-refractivity contribution in [1.29, 1.82) is 0 Å². The number of nitrogens with zero attached hydrogens (tertiary/aromatic N) is 1. The lowest BCUT2D eigenvalue weighted by Crippen LogP contribution is -1.83. The van der Waals surface area contributed by atoms with Gasteiger partial charge in [-0.1, -0.05) is 23.7 Å². The van der Waals surface area contributed by atoms with Gasteiger partial charge in [0.2, 0.25) is 0 Å². The maximum Gasteiger partial charge on any atom is 0.138 e. The van der Waals surface area contributed by atoms with Crippen molar-refractivity contribution in [1.82, 2.24) is 9.97 Å². The quantitative estimate of drug-likeness (QED) is 0.839. The fourth-order valence-electron chi connectivity index (χ4n) is 1.24. The number of hydrogen-bond donors (Lipinski definition) is 1. The van der Waals surface area contributed by atoms with Crippen molar-refractivity contribution in [3.8, 4) is 11.4 Å². The first-order valence-electron chi connectivity index (χ1n) is 4.14. The van der Waals surface area contributed by atoms with E-state index in [9.17, 15) is 0 Å². The Labute approximate surface area is 95.5 Å². The van der Waals surface area contributed by atoms with Crippen LogP contribution in [0.5, 0.6) is 0 Å². The summed E-state index contributed by atoms with van der Waals surface area (Å²) in [5.41, 5.74) is 2.01. The molecular formula is C10H8BrClN2. The molecule has 14 heavy (non-hydrogen) atoms. The molecule has 0 spiro atoms. The zero-order chi connectivity index (χ0) is 10.1. The molecule has 0 bridgehead atoms. The lowest BCUT2D eigenvalue weighted by atomic mass is 10.2. The van der Waals surface area contributed by atoms with E-state index in [-0.39, 0.29) is 0 Å². The Morgan fingerprint density at radius 1 is 1.43 bits per heavy atom. The molecule has 0 aliphatic rings. The van der Waals surface area contributed by atoms with E-state index in [1.807, 2.05) is 25.1 Å². The highest BCUT2D eigenvalue weighted by molar-refractivity contribution is 9.10. The summed E-state index contributed by atoms with van der Waals surface area (Å²) in [5, 5.41) is 0.691. The van der Waals surface area contributed by atoms with Crippen LogP contribution in [0.3, 0.4) is 0 Å². The third-order valence-corrected chi connectivity index (χ3v) is 3.31. The molecule has 2 rings (SSSR count). The molecular weight excluding hydrogens is 263 g/mol. The second kappa shape index (κ2) is 3.75. The monoisotopic (exact) mass is 270 g/mol. The van der Waals surface area contributed by atoms with Gasteiger partial charge >= 0.3 is 0 Å². The molecule has 2 aromatic rings. The summed E-state index contributed by atoms with van der Waals surface area (Å²) < 4.78 is 0.871. The number of benzene rings is 1. The van der Waals surface area contributed by atoms with Gasteiger partial charge in [0.15, 0.2) is 0 Å².